The van der Waals surface area contributed by atoms with Gasteiger partial charge in [-0.15, -0.1) is 0 Å². The minimum atomic E-state index is -0.267. The number of nitrogens with one attached hydrogen (secondary N) is 1. The molecule has 92 valence electrons. The van der Waals surface area contributed by atoms with E-state index in [-0.39, 0.29) is 11.3 Å². The summed E-state index contributed by atoms with van der Waals surface area (Å²) in [5.41, 5.74) is 5.06. The van der Waals surface area contributed by atoms with Crippen LogP contribution in [0.15, 0.2) is 24.3 Å². The molecule has 1 fully saturated rings. The summed E-state index contributed by atoms with van der Waals surface area (Å²) in [5, 5.41) is 1.71. The summed E-state index contributed by atoms with van der Waals surface area (Å²) in [5.74, 6) is 0.117. The van der Waals surface area contributed by atoms with Gasteiger partial charge < -0.3 is 0 Å². The SMILES string of the molecule is CCc1ccc(C2(C(=O)NN(C)C)CC2)cc1. The molecule has 0 heterocycles. The number of benzene rings is 1. The van der Waals surface area contributed by atoms with Crippen molar-refractivity contribution in [3.8, 4) is 0 Å². The summed E-state index contributed by atoms with van der Waals surface area (Å²) in [6.07, 6.45) is 2.95. The molecule has 3 heteroatoms. The zero-order chi connectivity index (χ0) is 12.5. The third kappa shape index (κ3) is 2.34. The van der Waals surface area contributed by atoms with E-state index in [1.807, 2.05) is 14.1 Å². The van der Waals surface area contributed by atoms with Gasteiger partial charge in [-0.05, 0) is 30.4 Å². The molecule has 0 saturated heterocycles. The van der Waals surface area contributed by atoms with Crippen molar-refractivity contribution in [2.75, 3.05) is 14.1 Å². The van der Waals surface area contributed by atoms with Gasteiger partial charge in [0.05, 0.1) is 5.41 Å². The second-order valence-corrected chi connectivity index (χ2v) is 4.97. The fourth-order valence-corrected chi connectivity index (χ4v) is 2.14. The van der Waals surface area contributed by atoms with Crippen LogP contribution < -0.4 is 5.43 Å². The lowest BCUT2D eigenvalue weighted by Gasteiger charge is -2.19. The summed E-state index contributed by atoms with van der Waals surface area (Å²) in [4.78, 5) is 12.1. The maximum absolute atomic E-state index is 12.1. The Hall–Kier alpha value is -1.35. The highest BCUT2D eigenvalue weighted by Crippen LogP contribution is 2.48. The summed E-state index contributed by atoms with van der Waals surface area (Å²) in [6.45, 7) is 2.14. The topological polar surface area (TPSA) is 32.3 Å². The highest BCUT2D eigenvalue weighted by Gasteiger charge is 2.51. The van der Waals surface area contributed by atoms with E-state index in [1.54, 1.807) is 5.01 Å². The van der Waals surface area contributed by atoms with Crippen molar-refractivity contribution in [1.29, 1.82) is 0 Å². The molecule has 3 nitrogen and oxygen atoms in total. The average molecular weight is 232 g/mol. The van der Waals surface area contributed by atoms with Crippen molar-refractivity contribution in [3.05, 3.63) is 35.4 Å². The lowest BCUT2D eigenvalue weighted by Crippen LogP contribution is -2.42. The highest BCUT2D eigenvalue weighted by atomic mass is 16.2. The van der Waals surface area contributed by atoms with Crippen LogP contribution >= 0.6 is 0 Å². The van der Waals surface area contributed by atoms with E-state index in [0.29, 0.717) is 0 Å². The number of nitrogens with zero attached hydrogens (tertiary/aromatic N) is 1. The Morgan fingerprint density at radius 3 is 2.29 bits per heavy atom. The number of hydrogen-bond acceptors (Lipinski definition) is 2. The van der Waals surface area contributed by atoms with Gasteiger partial charge in [0.25, 0.3) is 0 Å². The minimum absolute atomic E-state index is 0.117. The fourth-order valence-electron chi connectivity index (χ4n) is 2.14. The van der Waals surface area contributed by atoms with Gasteiger partial charge in [0.1, 0.15) is 0 Å². The molecule has 1 aliphatic carbocycles. The van der Waals surface area contributed by atoms with Gasteiger partial charge in [-0.2, -0.15) is 0 Å². The van der Waals surface area contributed by atoms with Crippen molar-refractivity contribution < 1.29 is 4.79 Å². The van der Waals surface area contributed by atoms with Crippen LogP contribution in [0.5, 0.6) is 0 Å². The van der Waals surface area contributed by atoms with Gasteiger partial charge in [0.2, 0.25) is 5.91 Å². The molecule has 1 aromatic rings. The monoisotopic (exact) mass is 232 g/mol. The van der Waals surface area contributed by atoms with E-state index in [9.17, 15) is 4.79 Å². The van der Waals surface area contributed by atoms with Crippen molar-refractivity contribution in [3.63, 3.8) is 0 Å². The molecule has 1 N–H and O–H groups in total. The molecule has 0 bridgehead atoms. The zero-order valence-electron chi connectivity index (χ0n) is 10.8. The molecule has 1 saturated carbocycles. The quantitative estimate of drug-likeness (QED) is 0.804. The predicted molar refractivity (Wildman–Crippen MR) is 68.6 cm³/mol. The Bertz CT molecular complexity index is 405. The van der Waals surface area contributed by atoms with Gasteiger partial charge in [-0.1, -0.05) is 31.2 Å². The molecule has 0 aromatic heterocycles. The maximum atomic E-state index is 12.1. The van der Waals surface area contributed by atoms with Crippen LogP contribution in [0.25, 0.3) is 0 Å². The third-order valence-corrected chi connectivity index (χ3v) is 3.42. The Morgan fingerprint density at radius 1 is 1.29 bits per heavy atom. The Morgan fingerprint density at radius 2 is 1.88 bits per heavy atom. The molecule has 1 aliphatic rings. The summed E-state index contributed by atoms with van der Waals surface area (Å²) in [7, 11) is 3.68. The summed E-state index contributed by atoms with van der Waals surface area (Å²) >= 11 is 0. The van der Waals surface area contributed by atoms with E-state index in [2.05, 4.69) is 36.6 Å². The van der Waals surface area contributed by atoms with E-state index >= 15 is 0 Å². The van der Waals surface area contributed by atoms with Crippen molar-refractivity contribution >= 4 is 5.91 Å². The van der Waals surface area contributed by atoms with Crippen molar-refractivity contribution in [1.82, 2.24) is 10.4 Å². The summed E-state index contributed by atoms with van der Waals surface area (Å²) in [6, 6.07) is 8.44. The molecule has 0 unspecified atom stereocenters. The number of rotatable bonds is 4. The molecule has 0 spiro atoms. The zero-order valence-corrected chi connectivity index (χ0v) is 10.8. The van der Waals surface area contributed by atoms with Crippen LogP contribution in [0.3, 0.4) is 0 Å². The standard InChI is InChI=1S/C14H20N2O/c1-4-11-5-7-12(8-6-11)14(9-10-14)13(17)15-16(2)3/h5-8H,4,9-10H2,1-3H3,(H,15,17). The molecular formula is C14H20N2O. The van der Waals surface area contributed by atoms with E-state index in [0.717, 1.165) is 24.8 Å². The molecule has 0 radical (unpaired) electrons. The van der Waals surface area contributed by atoms with Crippen LogP contribution in [-0.4, -0.2) is 25.0 Å². The first-order valence-corrected chi connectivity index (χ1v) is 6.16. The number of hydrogen-bond donors (Lipinski definition) is 1. The van der Waals surface area contributed by atoms with Gasteiger partial charge >= 0.3 is 0 Å². The molecule has 1 amide bonds. The van der Waals surface area contributed by atoms with Gasteiger partial charge in [-0.3, -0.25) is 10.2 Å². The Kier molecular flexibility index (Phi) is 3.20. The number of aryl methyl sites for hydroxylation is 1. The molecule has 0 aliphatic heterocycles. The number of carbonyl (C=O) groups excluding carboxylic acids is 1. The van der Waals surface area contributed by atoms with Gasteiger partial charge in [0.15, 0.2) is 0 Å². The molecule has 2 rings (SSSR count). The minimum Gasteiger partial charge on any atom is -0.289 e. The summed E-state index contributed by atoms with van der Waals surface area (Å²) < 4.78 is 0. The van der Waals surface area contributed by atoms with E-state index < -0.39 is 0 Å². The van der Waals surface area contributed by atoms with Crippen LogP contribution in [-0.2, 0) is 16.6 Å². The largest absolute Gasteiger partial charge is 0.289 e. The first-order valence-electron chi connectivity index (χ1n) is 6.16. The molecule has 0 atom stereocenters. The lowest BCUT2D eigenvalue weighted by molar-refractivity contribution is -0.127. The second kappa shape index (κ2) is 4.49. The number of hydrazine groups is 1. The van der Waals surface area contributed by atoms with Crippen molar-refractivity contribution in [2.45, 2.75) is 31.6 Å². The lowest BCUT2D eigenvalue weighted by atomic mass is 9.94. The molecule has 1 aromatic carbocycles. The fraction of sp³-hybridized carbons (Fsp3) is 0.500. The highest BCUT2D eigenvalue weighted by molar-refractivity contribution is 5.90. The first-order chi connectivity index (χ1) is 8.08. The first kappa shape index (κ1) is 12.1. The van der Waals surface area contributed by atoms with E-state index in [1.165, 1.54) is 5.56 Å². The van der Waals surface area contributed by atoms with Crippen LogP contribution in [0.2, 0.25) is 0 Å². The van der Waals surface area contributed by atoms with E-state index in [4.69, 9.17) is 0 Å². The normalized spacial score (nSPS) is 16.9. The number of amides is 1. The second-order valence-electron chi connectivity index (χ2n) is 4.97. The number of carbonyl (C=O) groups is 1. The smallest absolute Gasteiger partial charge is 0.244 e. The van der Waals surface area contributed by atoms with Gasteiger partial charge in [0, 0.05) is 14.1 Å². The Labute approximate surface area is 103 Å². The average Bonchev–Trinajstić information content (AvgIpc) is 3.09. The maximum Gasteiger partial charge on any atom is 0.244 e. The van der Waals surface area contributed by atoms with Crippen LogP contribution in [0, 0.1) is 0 Å². The Balaban J connectivity index is 2.17. The van der Waals surface area contributed by atoms with Crippen molar-refractivity contribution in [2.24, 2.45) is 0 Å². The van der Waals surface area contributed by atoms with Crippen LogP contribution in [0.4, 0.5) is 0 Å². The van der Waals surface area contributed by atoms with Crippen LogP contribution in [0.1, 0.15) is 30.9 Å². The van der Waals surface area contributed by atoms with Gasteiger partial charge in [-0.25, -0.2) is 5.01 Å². The molecular weight excluding hydrogens is 212 g/mol. The molecule has 17 heavy (non-hydrogen) atoms. The third-order valence-electron chi connectivity index (χ3n) is 3.42. The predicted octanol–water partition coefficient (Wildman–Crippen LogP) is 1.87.